The molecule has 0 amide bonds. The van der Waals surface area contributed by atoms with Crippen molar-refractivity contribution < 1.29 is 0 Å². The fourth-order valence-corrected chi connectivity index (χ4v) is 2.45. The Morgan fingerprint density at radius 3 is 2.25 bits per heavy atom. The molecule has 0 saturated carbocycles. The highest BCUT2D eigenvalue weighted by Crippen LogP contribution is 2.27. The summed E-state index contributed by atoms with van der Waals surface area (Å²) in [5, 5.41) is 1.89. The van der Waals surface area contributed by atoms with Crippen molar-refractivity contribution in [2.24, 2.45) is 4.99 Å². The molecule has 0 aliphatic carbocycles. The molecule has 1 rings (SSSR count). The van der Waals surface area contributed by atoms with Gasteiger partial charge in [-0.3, -0.25) is 4.99 Å². The molecule has 0 radical (unpaired) electrons. The summed E-state index contributed by atoms with van der Waals surface area (Å²) in [4.78, 5) is 6.94. The molecule has 0 unspecified atom stereocenters. The van der Waals surface area contributed by atoms with Crippen molar-refractivity contribution in [3.8, 4) is 0 Å². The Morgan fingerprint density at radius 2 is 1.92 bits per heavy atom. The van der Waals surface area contributed by atoms with Crippen LogP contribution in [0.25, 0.3) is 0 Å². The molecular weight excluding hydrogens is 168 g/mol. The van der Waals surface area contributed by atoms with Crippen molar-refractivity contribution >= 4 is 16.9 Å². The van der Waals surface area contributed by atoms with Crippen molar-refractivity contribution in [1.29, 1.82) is 0 Å². The van der Waals surface area contributed by atoms with Crippen molar-refractivity contribution in [3.63, 3.8) is 0 Å². The van der Waals surface area contributed by atoms with Gasteiger partial charge < -0.3 is 4.90 Å². The topological polar surface area (TPSA) is 15.6 Å². The zero-order valence-electron chi connectivity index (χ0n) is 8.37. The van der Waals surface area contributed by atoms with E-state index in [1.165, 1.54) is 5.17 Å². The van der Waals surface area contributed by atoms with Gasteiger partial charge in [0.15, 0.2) is 5.17 Å². The van der Waals surface area contributed by atoms with Gasteiger partial charge in [0.25, 0.3) is 0 Å². The lowest BCUT2D eigenvalue weighted by Gasteiger charge is -2.19. The van der Waals surface area contributed by atoms with Crippen LogP contribution in [0.5, 0.6) is 0 Å². The second kappa shape index (κ2) is 4.17. The highest BCUT2D eigenvalue weighted by atomic mass is 32.2. The van der Waals surface area contributed by atoms with E-state index in [0.29, 0.717) is 11.3 Å². The van der Waals surface area contributed by atoms with Crippen molar-refractivity contribution in [3.05, 3.63) is 0 Å². The smallest absolute Gasteiger partial charge is 0.159 e. The molecule has 0 aromatic carbocycles. The van der Waals surface area contributed by atoms with Gasteiger partial charge in [-0.1, -0.05) is 18.7 Å². The zero-order chi connectivity index (χ0) is 9.14. The third-order valence-corrected chi connectivity index (χ3v) is 3.66. The predicted octanol–water partition coefficient (Wildman–Crippen LogP) is 2.21. The van der Waals surface area contributed by atoms with Gasteiger partial charge >= 0.3 is 0 Å². The normalized spacial score (nSPS) is 28.8. The highest BCUT2D eigenvalue weighted by Gasteiger charge is 2.24. The van der Waals surface area contributed by atoms with Crippen LogP contribution in [0.3, 0.4) is 0 Å². The molecule has 1 heterocycles. The third kappa shape index (κ3) is 1.94. The van der Waals surface area contributed by atoms with Crippen LogP contribution in [0.1, 0.15) is 27.7 Å². The molecule has 1 aliphatic rings. The Balaban J connectivity index is 2.58. The number of nitrogens with zero attached hydrogens (tertiary/aromatic N) is 2. The summed E-state index contributed by atoms with van der Waals surface area (Å²) in [5.74, 6) is 0. The van der Waals surface area contributed by atoms with E-state index in [-0.39, 0.29) is 0 Å². The van der Waals surface area contributed by atoms with E-state index in [9.17, 15) is 0 Å². The number of thioether (sulfide) groups is 1. The Bertz CT molecular complexity index is 175. The summed E-state index contributed by atoms with van der Waals surface area (Å²) in [6.45, 7) is 10.9. The summed E-state index contributed by atoms with van der Waals surface area (Å²) in [5.41, 5.74) is 0. The fraction of sp³-hybridized carbons (Fsp3) is 0.889. The maximum absolute atomic E-state index is 4.62. The number of hydrogen-bond acceptors (Lipinski definition) is 3. The average molecular weight is 186 g/mol. The van der Waals surface area contributed by atoms with Crippen LogP contribution >= 0.6 is 11.8 Å². The largest absolute Gasteiger partial charge is 0.352 e. The van der Waals surface area contributed by atoms with E-state index in [1.54, 1.807) is 0 Å². The molecule has 3 heteroatoms. The molecule has 0 aromatic rings. The molecule has 70 valence electrons. The first kappa shape index (κ1) is 9.90. The van der Waals surface area contributed by atoms with E-state index in [1.807, 2.05) is 11.8 Å². The van der Waals surface area contributed by atoms with Crippen molar-refractivity contribution in [1.82, 2.24) is 4.90 Å². The SMILES string of the molecule is CCN(CC)C1=N[C@@H](C)[C@@H](C)S1. The van der Waals surface area contributed by atoms with Gasteiger partial charge in [0.05, 0.1) is 6.04 Å². The molecule has 0 bridgehead atoms. The first-order valence-corrected chi connectivity index (χ1v) is 5.56. The third-order valence-electron chi connectivity index (χ3n) is 2.32. The van der Waals surface area contributed by atoms with E-state index >= 15 is 0 Å². The maximum Gasteiger partial charge on any atom is 0.159 e. The summed E-state index contributed by atoms with van der Waals surface area (Å²) in [6.07, 6.45) is 0. The molecular formula is C9H18N2S. The first-order chi connectivity index (χ1) is 5.69. The van der Waals surface area contributed by atoms with E-state index in [4.69, 9.17) is 0 Å². The van der Waals surface area contributed by atoms with Gasteiger partial charge in [-0.05, 0) is 20.8 Å². The van der Waals surface area contributed by atoms with Gasteiger partial charge in [-0.2, -0.15) is 0 Å². The van der Waals surface area contributed by atoms with Gasteiger partial charge in [0, 0.05) is 18.3 Å². The second-order valence-electron chi connectivity index (χ2n) is 3.15. The summed E-state index contributed by atoms with van der Waals surface area (Å²) in [7, 11) is 0. The molecule has 0 fully saturated rings. The minimum Gasteiger partial charge on any atom is -0.352 e. The Morgan fingerprint density at radius 1 is 1.33 bits per heavy atom. The standard InChI is InChI=1S/C9H18N2S/c1-5-11(6-2)9-10-7(3)8(4)12-9/h7-8H,5-6H2,1-4H3/t7-,8+/m0/s1. The van der Waals surface area contributed by atoms with Gasteiger partial charge in [-0.15, -0.1) is 0 Å². The Hall–Kier alpha value is -0.180. The maximum atomic E-state index is 4.62. The van der Waals surface area contributed by atoms with Gasteiger partial charge in [0.2, 0.25) is 0 Å². The van der Waals surface area contributed by atoms with E-state index in [0.717, 1.165) is 13.1 Å². The number of hydrogen-bond donors (Lipinski definition) is 0. The van der Waals surface area contributed by atoms with E-state index < -0.39 is 0 Å². The van der Waals surface area contributed by atoms with Crippen LogP contribution in [-0.2, 0) is 0 Å². The van der Waals surface area contributed by atoms with Gasteiger partial charge in [0.1, 0.15) is 0 Å². The molecule has 0 spiro atoms. The van der Waals surface area contributed by atoms with Crippen molar-refractivity contribution in [2.45, 2.75) is 39.0 Å². The average Bonchev–Trinajstić information content (AvgIpc) is 2.35. The van der Waals surface area contributed by atoms with Crippen LogP contribution in [0.15, 0.2) is 4.99 Å². The summed E-state index contributed by atoms with van der Waals surface area (Å²) < 4.78 is 0. The molecule has 0 N–H and O–H groups in total. The minimum atomic E-state index is 0.491. The number of rotatable bonds is 2. The summed E-state index contributed by atoms with van der Waals surface area (Å²) in [6, 6.07) is 0.491. The van der Waals surface area contributed by atoms with E-state index in [2.05, 4.69) is 37.6 Å². The highest BCUT2D eigenvalue weighted by molar-refractivity contribution is 8.14. The molecule has 0 aromatic heterocycles. The fourth-order valence-electron chi connectivity index (χ4n) is 1.22. The minimum absolute atomic E-state index is 0.491. The lowest BCUT2D eigenvalue weighted by Crippen LogP contribution is -2.27. The molecule has 12 heavy (non-hydrogen) atoms. The van der Waals surface area contributed by atoms with Crippen LogP contribution in [-0.4, -0.2) is 34.4 Å². The Kier molecular flexibility index (Phi) is 3.44. The van der Waals surface area contributed by atoms with Crippen LogP contribution in [0.4, 0.5) is 0 Å². The van der Waals surface area contributed by atoms with Crippen molar-refractivity contribution in [2.75, 3.05) is 13.1 Å². The monoisotopic (exact) mass is 186 g/mol. The lowest BCUT2D eigenvalue weighted by atomic mass is 10.3. The molecule has 1 aliphatic heterocycles. The lowest BCUT2D eigenvalue weighted by molar-refractivity contribution is 0.473. The second-order valence-corrected chi connectivity index (χ2v) is 4.49. The van der Waals surface area contributed by atoms with Crippen LogP contribution in [0, 0.1) is 0 Å². The number of amidine groups is 1. The number of aliphatic imine (C=N–C) groups is 1. The first-order valence-electron chi connectivity index (χ1n) is 4.68. The van der Waals surface area contributed by atoms with Gasteiger partial charge in [-0.25, -0.2) is 0 Å². The summed E-state index contributed by atoms with van der Waals surface area (Å²) >= 11 is 1.91. The zero-order valence-corrected chi connectivity index (χ0v) is 9.19. The molecule has 2 nitrogen and oxygen atoms in total. The quantitative estimate of drug-likeness (QED) is 0.657. The molecule has 2 atom stereocenters. The van der Waals surface area contributed by atoms with Crippen LogP contribution in [0.2, 0.25) is 0 Å². The predicted molar refractivity (Wildman–Crippen MR) is 56.9 cm³/mol. The van der Waals surface area contributed by atoms with Crippen LogP contribution < -0.4 is 0 Å². The Labute approximate surface area is 79.4 Å². The molecule has 0 saturated heterocycles.